The molecule has 3 atom stereocenters. The highest BCUT2D eigenvalue weighted by Crippen LogP contribution is 2.33. The number of pyridine rings is 1. The van der Waals surface area contributed by atoms with Gasteiger partial charge in [-0.1, -0.05) is 12.1 Å². The van der Waals surface area contributed by atoms with Crippen molar-refractivity contribution in [1.29, 1.82) is 0 Å². The van der Waals surface area contributed by atoms with E-state index in [9.17, 15) is 22.8 Å². The number of carbonyl (C=O) groups excluding carboxylic acids is 3. The Kier molecular flexibility index (Phi) is 7.56. The minimum absolute atomic E-state index is 0.0327. The second kappa shape index (κ2) is 11.3. The lowest BCUT2D eigenvalue weighted by molar-refractivity contribution is -0.138. The largest absolute Gasteiger partial charge is 0.497 e. The van der Waals surface area contributed by atoms with E-state index < -0.39 is 40.0 Å². The minimum atomic E-state index is -3.86. The quantitative estimate of drug-likeness (QED) is 0.306. The van der Waals surface area contributed by atoms with Crippen molar-refractivity contribution >= 4 is 49.9 Å². The molecular weight excluding hydrogens is 580 g/mol. The summed E-state index contributed by atoms with van der Waals surface area (Å²) in [5.41, 5.74) is 0.870. The van der Waals surface area contributed by atoms with Crippen molar-refractivity contribution in [2.45, 2.75) is 36.7 Å². The lowest BCUT2D eigenvalue weighted by Gasteiger charge is -2.28. The predicted molar refractivity (Wildman–Crippen MR) is 155 cm³/mol. The van der Waals surface area contributed by atoms with Crippen LogP contribution in [-0.4, -0.2) is 78.5 Å². The number of carbonyl (C=O) groups is 3. The zero-order chi connectivity index (χ0) is 29.4. The molecule has 13 heteroatoms. The number of nitrogens with one attached hydrogen (secondary N) is 1. The molecule has 42 heavy (non-hydrogen) atoms. The normalized spacial score (nSPS) is 19.6. The van der Waals surface area contributed by atoms with Crippen molar-refractivity contribution < 1.29 is 32.0 Å². The van der Waals surface area contributed by atoms with Crippen LogP contribution in [0.1, 0.15) is 27.5 Å². The summed E-state index contributed by atoms with van der Waals surface area (Å²) in [6.07, 6.45) is 2.04. The minimum Gasteiger partial charge on any atom is -0.497 e. The molecule has 2 aliphatic rings. The van der Waals surface area contributed by atoms with Crippen molar-refractivity contribution in [1.82, 2.24) is 19.5 Å². The topological polar surface area (TPSA) is 139 Å². The number of hydrogen-bond donors (Lipinski definition) is 1. The molecule has 2 amide bonds. The number of fused-ring (bicyclic) bond motifs is 2. The van der Waals surface area contributed by atoms with Crippen LogP contribution in [0.4, 0.5) is 0 Å². The predicted octanol–water partition coefficient (Wildman–Crippen LogP) is 2.62. The SMILES string of the molecule is COc1ccc2oc(C(=O)NC(Cc3cccs3)C(=O)N3CCC4C3C(=O)CN4S(=O)(=O)Cc3ccccn3)cc2c1. The number of sulfonamides is 1. The van der Waals surface area contributed by atoms with Crippen LogP contribution in [0.3, 0.4) is 0 Å². The van der Waals surface area contributed by atoms with Gasteiger partial charge in [-0.3, -0.25) is 19.4 Å². The van der Waals surface area contributed by atoms with E-state index in [1.165, 1.54) is 26.7 Å². The monoisotopic (exact) mass is 608 g/mol. The molecule has 3 aromatic heterocycles. The van der Waals surface area contributed by atoms with E-state index in [0.717, 1.165) is 4.88 Å². The van der Waals surface area contributed by atoms with Crippen molar-refractivity contribution in [2.24, 2.45) is 0 Å². The number of thiophene rings is 1. The highest BCUT2D eigenvalue weighted by atomic mass is 32.2. The number of aromatic nitrogens is 1. The summed E-state index contributed by atoms with van der Waals surface area (Å²) in [5.74, 6) is -1.05. The summed E-state index contributed by atoms with van der Waals surface area (Å²) >= 11 is 1.45. The Hall–Kier alpha value is -4.07. The number of amides is 2. The van der Waals surface area contributed by atoms with Gasteiger partial charge in [0.05, 0.1) is 25.4 Å². The number of Topliss-reactive ketones (excluding diaryl/α,β-unsaturated/α-hetero) is 1. The van der Waals surface area contributed by atoms with Gasteiger partial charge in [0.25, 0.3) is 5.91 Å². The fourth-order valence-electron chi connectivity index (χ4n) is 5.66. The zero-order valence-electron chi connectivity index (χ0n) is 22.6. The highest BCUT2D eigenvalue weighted by molar-refractivity contribution is 7.88. The number of nitrogens with zero attached hydrogens (tertiary/aromatic N) is 3. The van der Waals surface area contributed by atoms with E-state index >= 15 is 0 Å². The van der Waals surface area contributed by atoms with E-state index in [4.69, 9.17) is 9.15 Å². The third-order valence-corrected chi connectivity index (χ3v) is 10.3. The number of benzene rings is 1. The molecule has 5 heterocycles. The summed E-state index contributed by atoms with van der Waals surface area (Å²) in [6.45, 7) is -0.116. The number of ketones is 1. The van der Waals surface area contributed by atoms with Crippen LogP contribution in [0.2, 0.25) is 0 Å². The van der Waals surface area contributed by atoms with Gasteiger partial charge in [-0.15, -0.1) is 11.3 Å². The van der Waals surface area contributed by atoms with Crippen LogP contribution in [-0.2, 0) is 31.8 Å². The van der Waals surface area contributed by atoms with Gasteiger partial charge < -0.3 is 19.4 Å². The summed E-state index contributed by atoms with van der Waals surface area (Å²) in [4.78, 5) is 46.9. The molecule has 2 fully saturated rings. The summed E-state index contributed by atoms with van der Waals surface area (Å²) in [7, 11) is -2.32. The highest BCUT2D eigenvalue weighted by Gasteiger charge is 2.54. The molecule has 11 nitrogen and oxygen atoms in total. The van der Waals surface area contributed by atoms with E-state index in [-0.39, 0.29) is 36.8 Å². The number of hydrogen-bond acceptors (Lipinski definition) is 9. The molecule has 2 saturated heterocycles. The Morgan fingerprint density at radius 3 is 2.79 bits per heavy atom. The second-order valence-electron chi connectivity index (χ2n) is 10.2. The Bertz CT molecular complexity index is 1740. The molecule has 0 radical (unpaired) electrons. The van der Waals surface area contributed by atoms with Crippen molar-refractivity contribution in [3.8, 4) is 5.75 Å². The first-order valence-corrected chi connectivity index (χ1v) is 15.9. The Labute approximate surface area is 246 Å². The average molecular weight is 609 g/mol. The van der Waals surface area contributed by atoms with E-state index in [1.807, 2.05) is 17.5 Å². The number of likely N-dealkylation sites (tertiary alicyclic amines) is 1. The molecule has 6 rings (SSSR count). The van der Waals surface area contributed by atoms with Gasteiger partial charge in [0.2, 0.25) is 15.9 Å². The van der Waals surface area contributed by atoms with Crippen molar-refractivity contribution in [3.63, 3.8) is 0 Å². The smallest absolute Gasteiger partial charge is 0.287 e. The molecule has 2 aliphatic heterocycles. The first kappa shape index (κ1) is 28.1. The maximum absolute atomic E-state index is 14.0. The Morgan fingerprint density at radius 2 is 2.05 bits per heavy atom. The molecular formula is C29H28N4O7S2. The standard InChI is InChI=1S/C29H28N4O7S2/c1-39-20-7-8-25-18(13-20)14-26(40-25)28(35)31-22(15-21-6-4-12-41-21)29(36)32-11-9-23-27(32)24(34)16-33(23)42(37,38)17-19-5-2-3-10-30-19/h2-8,10,12-14,22-23,27H,9,11,15-17H2,1H3,(H,31,35). The van der Waals surface area contributed by atoms with Crippen LogP contribution in [0.25, 0.3) is 11.0 Å². The molecule has 218 valence electrons. The summed E-state index contributed by atoms with van der Waals surface area (Å²) in [6, 6.07) is 12.9. The summed E-state index contributed by atoms with van der Waals surface area (Å²) < 4.78 is 38.8. The van der Waals surface area contributed by atoms with Crippen LogP contribution >= 0.6 is 11.3 Å². The molecule has 3 unspecified atom stereocenters. The fourth-order valence-corrected chi connectivity index (χ4v) is 8.07. The lowest BCUT2D eigenvalue weighted by atomic mass is 10.1. The third kappa shape index (κ3) is 5.42. The molecule has 0 aliphatic carbocycles. The van der Waals surface area contributed by atoms with E-state index in [1.54, 1.807) is 49.6 Å². The average Bonchev–Trinajstić information content (AvgIpc) is 3.78. The van der Waals surface area contributed by atoms with Crippen LogP contribution < -0.4 is 10.1 Å². The molecule has 4 aromatic rings. The van der Waals surface area contributed by atoms with Gasteiger partial charge in [-0.2, -0.15) is 4.31 Å². The maximum atomic E-state index is 14.0. The molecule has 0 saturated carbocycles. The van der Waals surface area contributed by atoms with Gasteiger partial charge in [0.15, 0.2) is 11.5 Å². The fraction of sp³-hybridized carbons (Fsp3) is 0.310. The van der Waals surface area contributed by atoms with Crippen LogP contribution in [0.5, 0.6) is 5.75 Å². The van der Waals surface area contributed by atoms with Crippen molar-refractivity contribution in [3.05, 3.63) is 82.5 Å². The molecule has 0 spiro atoms. The van der Waals surface area contributed by atoms with Crippen LogP contribution in [0, 0.1) is 0 Å². The third-order valence-electron chi connectivity index (χ3n) is 7.61. The lowest BCUT2D eigenvalue weighted by Crippen LogP contribution is -2.53. The Balaban J connectivity index is 1.22. The first-order valence-electron chi connectivity index (χ1n) is 13.4. The van der Waals surface area contributed by atoms with E-state index in [2.05, 4.69) is 10.3 Å². The van der Waals surface area contributed by atoms with Gasteiger partial charge in [0.1, 0.15) is 29.2 Å². The summed E-state index contributed by atoms with van der Waals surface area (Å²) in [5, 5.41) is 5.36. The van der Waals surface area contributed by atoms with Gasteiger partial charge >= 0.3 is 0 Å². The number of methoxy groups -OCH3 is 1. The van der Waals surface area contributed by atoms with Crippen LogP contribution in [0.15, 0.2) is 70.6 Å². The first-order chi connectivity index (χ1) is 20.2. The second-order valence-corrected chi connectivity index (χ2v) is 13.2. The maximum Gasteiger partial charge on any atom is 0.287 e. The number of ether oxygens (including phenoxy) is 1. The molecule has 1 aromatic carbocycles. The van der Waals surface area contributed by atoms with Crippen molar-refractivity contribution in [2.75, 3.05) is 20.2 Å². The van der Waals surface area contributed by atoms with Gasteiger partial charge in [0, 0.05) is 29.4 Å². The van der Waals surface area contributed by atoms with Gasteiger partial charge in [-0.25, -0.2) is 8.42 Å². The molecule has 0 bridgehead atoms. The Morgan fingerprint density at radius 1 is 1.19 bits per heavy atom. The number of furan rings is 1. The van der Waals surface area contributed by atoms with E-state index in [0.29, 0.717) is 28.8 Å². The zero-order valence-corrected chi connectivity index (χ0v) is 24.3. The number of rotatable bonds is 9. The molecule has 1 N–H and O–H groups in total. The van der Waals surface area contributed by atoms with Gasteiger partial charge in [-0.05, 0) is 54.3 Å².